The van der Waals surface area contributed by atoms with Gasteiger partial charge < -0.3 is 15.4 Å². The zero-order valence-corrected chi connectivity index (χ0v) is 11.9. The first-order valence-corrected chi connectivity index (χ1v) is 6.81. The SMILES string of the molecule is CCN1CCOC(CNCCNC(C)(C)C)C1. The van der Waals surface area contributed by atoms with E-state index in [1.807, 2.05) is 0 Å². The Hall–Kier alpha value is -0.160. The summed E-state index contributed by atoms with van der Waals surface area (Å²) in [5.74, 6) is 0. The van der Waals surface area contributed by atoms with E-state index in [4.69, 9.17) is 4.74 Å². The summed E-state index contributed by atoms with van der Waals surface area (Å²) >= 11 is 0. The first-order valence-electron chi connectivity index (χ1n) is 6.81. The molecular weight excluding hydrogens is 214 g/mol. The Morgan fingerprint density at radius 3 is 2.71 bits per heavy atom. The second-order valence-corrected chi connectivity index (χ2v) is 5.77. The molecule has 1 unspecified atom stereocenters. The summed E-state index contributed by atoms with van der Waals surface area (Å²) in [6.45, 7) is 15.9. The highest BCUT2D eigenvalue weighted by molar-refractivity contribution is 4.74. The van der Waals surface area contributed by atoms with E-state index in [0.29, 0.717) is 6.10 Å². The number of hydrogen-bond donors (Lipinski definition) is 2. The van der Waals surface area contributed by atoms with Gasteiger partial charge in [0.25, 0.3) is 0 Å². The van der Waals surface area contributed by atoms with Crippen LogP contribution in [0.1, 0.15) is 27.7 Å². The molecule has 0 saturated carbocycles. The van der Waals surface area contributed by atoms with Crippen LogP contribution in [0, 0.1) is 0 Å². The first-order chi connectivity index (χ1) is 8.01. The Morgan fingerprint density at radius 1 is 1.29 bits per heavy atom. The van der Waals surface area contributed by atoms with E-state index >= 15 is 0 Å². The third kappa shape index (κ3) is 6.99. The number of nitrogens with zero attached hydrogens (tertiary/aromatic N) is 1. The molecule has 17 heavy (non-hydrogen) atoms. The Kier molecular flexibility index (Phi) is 6.41. The van der Waals surface area contributed by atoms with Crippen LogP contribution in [0.3, 0.4) is 0 Å². The van der Waals surface area contributed by atoms with E-state index in [9.17, 15) is 0 Å². The van der Waals surface area contributed by atoms with Crippen LogP contribution in [0.4, 0.5) is 0 Å². The predicted molar refractivity (Wildman–Crippen MR) is 72.5 cm³/mol. The maximum atomic E-state index is 5.73. The molecule has 0 aliphatic carbocycles. The number of morpholine rings is 1. The van der Waals surface area contributed by atoms with Crippen LogP contribution in [0.2, 0.25) is 0 Å². The van der Waals surface area contributed by atoms with Crippen molar-refractivity contribution in [3.8, 4) is 0 Å². The number of ether oxygens (including phenoxy) is 1. The van der Waals surface area contributed by atoms with Gasteiger partial charge >= 0.3 is 0 Å². The number of hydrogen-bond acceptors (Lipinski definition) is 4. The molecule has 4 nitrogen and oxygen atoms in total. The van der Waals surface area contributed by atoms with Crippen LogP contribution >= 0.6 is 0 Å². The van der Waals surface area contributed by atoms with Gasteiger partial charge in [0, 0.05) is 38.3 Å². The fourth-order valence-corrected chi connectivity index (χ4v) is 1.98. The molecule has 0 aromatic heterocycles. The van der Waals surface area contributed by atoms with Gasteiger partial charge in [-0.15, -0.1) is 0 Å². The monoisotopic (exact) mass is 243 g/mol. The lowest BCUT2D eigenvalue weighted by molar-refractivity contribution is -0.0251. The van der Waals surface area contributed by atoms with Crippen LogP contribution in [-0.4, -0.2) is 62.4 Å². The highest BCUT2D eigenvalue weighted by Crippen LogP contribution is 2.03. The van der Waals surface area contributed by atoms with Crippen LogP contribution in [0.5, 0.6) is 0 Å². The fraction of sp³-hybridized carbons (Fsp3) is 1.00. The molecule has 1 aliphatic rings. The Morgan fingerprint density at radius 2 is 2.06 bits per heavy atom. The molecule has 0 amide bonds. The molecular formula is C13H29N3O. The summed E-state index contributed by atoms with van der Waals surface area (Å²) in [6, 6.07) is 0. The topological polar surface area (TPSA) is 36.5 Å². The van der Waals surface area contributed by atoms with Crippen LogP contribution in [0.15, 0.2) is 0 Å². The largest absolute Gasteiger partial charge is 0.374 e. The highest BCUT2D eigenvalue weighted by Gasteiger charge is 2.18. The van der Waals surface area contributed by atoms with Gasteiger partial charge in [0.05, 0.1) is 12.7 Å². The highest BCUT2D eigenvalue weighted by atomic mass is 16.5. The van der Waals surface area contributed by atoms with Gasteiger partial charge in [0.2, 0.25) is 0 Å². The van der Waals surface area contributed by atoms with Crippen molar-refractivity contribution in [3.63, 3.8) is 0 Å². The average molecular weight is 243 g/mol. The summed E-state index contributed by atoms with van der Waals surface area (Å²) < 4.78 is 5.73. The van der Waals surface area contributed by atoms with Gasteiger partial charge in [0.15, 0.2) is 0 Å². The summed E-state index contributed by atoms with van der Waals surface area (Å²) in [7, 11) is 0. The minimum Gasteiger partial charge on any atom is -0.374 e. The molecule has 0 bridgehead atoms. The third-order valence-corrected chi connectivity index (χ3v) is 3.00. The Bertz CT molecular complexity index is 203. The minimum absolute atomic E-state index is 0.210. The zero-order valence-electron chi connectivity index (χ0n) is 11.9. The second-order valence-electron chi connectivity index (χ2n) is 5.77. The first kappa shape index (κ1) is 14.9. The molecule has 1 aliphatic heterocycles. The molecule has 2 N–H and O–H groups in total. The van der Waals surface area contributed by atoms with Crippen molar-refractivity contribution in [2.75, 3.05) is 45.9 Å². The lowest BCUT2D eigenvalue weighted by atomic mass is 10.1. The van der Waals surface area contributed by atoms with Crippen LogP contribution in [-0.2, 0) is 4.74 Å². The van der Waals surface area contributed by atoms with E-state index in [0.717, 1.165) is 45.9 Å². The average Bonchev–Trinajstić information content (AvgIpc) is 2.27. The normalized spacial score (nSPS) is 22.9. The van der Waals surface area contributed by atoms with E-state index in [1.54, 1.807) is 0 Å². The van der Waals surface area contributed by atoms with Crippen LogP contribution < -0.4 is 10.6 Å². The van der Waals surface area contributed by atoms with Crippen molar-refractivity contribution in [3.05, 3.63) is 0 Å². The fourth-order valence-electron chi connectivity index (χ4n) is 1.98. The van der Waals surface area contributed by atoms with Gasteiger partial charge in [-0.25, -0.2) is 0 Å². The van der Waals surface area contributed by atoms with E-state index in [-0.39, 0.29) is 5.54 Å². The third-order valence-electron chi connectivity index (χ3n) is 3.00. The van der Waals surface area contributed by atoms with E-state index < -0.39 is 0 Å². The van der Waals surface area contributed by atoms with E-state index in [1.165, 1.54) is 0 Å². The van der Waals surface area contributed by atoms with Gasteiger partial charge in [0.1, 0.15) is 0 Å². The number of nitrogens with one attached hydrogen (secondary N) is 2. The standard InChI is InChI=1S/C13H29N3O/c1-5-16-8-9-17-12(11-16)10-14-6-7-15-13(2,3)4/h12,14-15H,5-11H2,1-4H3. The lowest BCUT2D eigenvalue weighted by Crippen LogP contribution is -2.47. The quantitative estimate of drug-likeness (QED) is 0.673. The van der Waals surface area contributed by atoms with Crippen LogP contribution in [0.25, 0.3) is 0 Å². The molecule has 1 heterocycles. The predicted octanol–water partition coefficient (Wildman–Crippen LogP) is 0.685. The molecule has 0 radical (unpaired) electrons. The molecule has 1 saturated heterocycles. The lowest BCUT2D eigenvalue weighted by Gasteiger charge is -2.32. The molecule has 0 aromatic carbocycles. The van der Waals surface area contributed by atoms with Crippen molar-refractivity contribution in [1.29, 1.82) is 0 Å². The van der Waals surface area contributed by atoms with Gasteiger partial charge in [-0.2, -0.15) is 0 Å². The summed E-state index contributed by atoms with van der Waals surface area (Å²) in [4.78, 5) is 2.45. The van der Waals surface area contributed by atoms with Crippen molar-refractivity contribution in [1.82, 2.24) is 15.5 Å². The van der Waals surface area contributed by atoms with Crippen molar-refractivity contribution < 1.29 is 4.74 Å². The van der Waals surface area contributed by atoms with Gasteiger partial charge in [-0.05, 0) is 27.3 Å². The number of rotatable bonds is 6. The Balaban J connectivity index is 2.02. The molecule has 4 heteroatoms. The maximum Gasteiger partial charge on any atom is 0.0826 e. The molecule has 0 spiro atoms. The summed E-state index contributed by atoms with van der Waals surface area (Å²) in [5.41, 5.74) is 0.210. The zero-order chi connectivity index (χ0) is 12.7. The second kappa shape index (κ2) is 7.31. The molecule has 0 aromatic rings. The molecule has 102 valence electrons. The summed E-state index contributed by atoms with van der Waals surface area (Å²) in [6.07, 6.45) is 0.360. The van der Waals surface area contributed by atoms with Gasteiger partial charge in [-0.3, -0.25) is 4.90 Å². The van der Waals surface area contributed by atoms with Crippen molar-refractivity contribution in [2.24, 2.45) is 0 Å². The Labute approximate surface area is 106 Å². The maximum absolute atomic E-state index is 5.73. The summed E-state index contributed by atoms with van der Waals surface area (Å²) in [5, 5.41) is 6.92. The number of likely N-dealkylation sites (N-methyl/N-ethyl adjacent to an activating group) is 1. The molecule has 1 fully saturated rings. The van der Waals surface area contributed by atoms with Crippen molar-refractivity contribution in [2.45, 2.75) is 39.3 Å². The van der Waals surface area contributed by atoms with Crippen molar-refractivity contribution >= 4 is 0 Å². The van der Waals surface area contributed by atoms with Gasteiger partial charge in [-0.1, -0.05) is 6.92 Å². The minimum atomic E-state index is 0.210. The molecule has 1 atom stereocenters. The van der Waals surface area contributed by atoms with E-state index in [2.05, 4.69) is 43.2 Å². The molecule has 1 rings (SSSR count). The smallest absolute Gasteiger partial charge is 0.0826 e.